The van der Waals surface area contributed by atoms with Gasteiger partial charge >= 0.3 is 35.5 Å². The summed E-state index contributed by atoms with van der Waals surface area (Å²) < 4.78 is 32.8. The first-order valence-electron chi connectivity index (χ1n) is 7.29. The molecule has 4 amide bonds. The van der Waals surface area contributed by atoms with E-state index in [4.69, 9.17) is 0 Å². The molecular weight excluding hydrogens is 407 g/mol. The fourth-order valence-electron chi connectivity index (χ4n) is 2.44. The van der Waals surface area contributed by atoms with Crippen LogP contribution in [0.15, 0.2) is 36.4 Å². The van der Waals surface area contributed by atoms with Gasteiger partial charge in [0.2, 0.25) is 0 Å². The van der Waals surface area contributed by atoms with Crippen LogP contribution >= 0.6 is 0 Å². The Labute approximate surface area is 179 Å². The van der Waals surface area contributed by atoms with Gasteiger partial charge in [-0.1, -0.05) is 0 Å². The summed E-state index contributed by atoms with van der Waals surface area (Å²) in [5, 5.41) is -2.20. The number of anilines is 1. The van der Waals surface area contributed by atoms with Crippen molar-refractivity contribution in [2.24, 2.45) is 0 Å². The van der Waals surface area contributed by atoms with Crippen LogP contribution in [0, 0.1) is 0 Å². The number of carbonyl (C=O) groups is 5. The van der Waals surface area contributed by atoms with Gasteiger partial charge in [0.1, 0.15) is 15.4 Å². The second kappa shape index (κ2) is 7.93. The second-order valence-electron chi connectivity index (χ2n) is 5.48. The SMILES string of the molecule is O=C(ON1C(=O)CC(S(=O)(=O)[O-])C1=O)c1ccc(N2C(=O)C=CC2=O)cc1.[Na+]. The van der Waals surface area contributed by atoms with Gasteiger partial charge in [-0.15, -0.1) is 5.06 Å². The molecule has 0 spiro atoms. The zero-order chi connectivity index (χ0) is 19.9. The van der Waals surface area contributed by atoms with Gasteiger partial charge in [-0.25, -0.2) is 18.1 Å². The van der Waals surface area contributed by atoms with Gasteiger partial charge in [0.15, 0.2) is 0 Å². The Hall–Kier alpha value is -2.38. The summed E-state index contributed by atoms with van der Waals surface area (Å²) in [7, 11) is -5.07. The number of benzene rings is 1. The molecule has 3 rings (SSSR count). The Kier molecular flexibility index (Phi) is 6.21. The molecule has 1 aromatic carbocycles. The Morgan fingerprint density at radius 1 is 1.04 bits per heavy atom. The predicted octanol–water partition coefficient (Wildman–Crippen LogP) is -4.14. The number of nitrogens with zero attached hydrogens (tertiary/aromatic N) is 2. The quantitative estimate of drug-likeness (QED) is 0.270. The van der Waals surface area contributed by atoms with Crippen LogP contribution in [0.25, 0.3) is 0 Å². The first-order valence-corrected chi connectivity index (χ1v) is 8.76. The molecule has 0 bridgehead atoms. The first-order chi connectivity index (χ1) is 12.6. The first kappa shape index (κ1) is 21.9. The van der Waals surface area contributed by atoms with Crippen LogP contribution in [0.3, 0.4) is 0 Å². The van der Waals surface area contributed by atoms with Crippen molar-refractivity contribution in [3.63, 3.8) is 0 Å². The molecule has 0 aromatic heterocycles. The van der Waals surface area contributed by atoms with Crippen LogP contribution in [0.1, 0.15) is 16.8 Å². The monoisotopic (exact) mass is 416 g/mol. The predicted molar refractivity (Wildman–Crippen MR) is 83.4 cm³/mol. The summed E-state index contributed by atoms with van der Waals surface area (Å²) in [5.74, 6) is -4.89. The molecule has 2 aliphatic rings. The molecule has 1 atom stereocenters. The number of hydroxylamine groups is 2. The van der Waals surface area contributed by atoms with Crippen molar-refractivity contribution in [1.29, 1.82) is 0 Å². The molecule has 0 radical (unpaired) electrons. The van der Waals surface area contributed by atoms with Gasteiger partial charge in [-0.2, -0.15) is 0 Å². The van der Waals surface area contributed by atoms with E-state index in [9.17, 15) is 36.9 Å². The van der Waals surface area contributed by atoms with E-state index in [0.717, 1.165) is 17.1 Å². The average Bonchev–Trinajstić information content (AvgIpc) is 3.08. The van der Waals surface area contributed by atoms with Crippen molar-refractivity contribution >= 4 is 45.4 Å². The van der Waals surface area contributed by atoms with E-state index in [1.54, 1.807) is 0 Å². The minimum absolute atomic E-state index is 0. The van der Waals surface area contributed by atoms with Crippen LogP contribution in [0.5, 0.6) is 0 Å². The summed E-state index contributed by atoms with van der Waals surface area (Å²) in [5.41, 5.74) is 0.0252. The largest absolute Gasteiger partial charge is 1.00 e. The maximum absolute atomic E-state index is 12.1. The summed E-state index contributed by atoms with van der Waals surface area (Å²) in [6.45, 7) is 0. The number of hydrogen-bond acceptors (Lipinski definition) is 9. The summed E-state index contributed by atoms with van der Waals surface area (Å²) in [6.07, 6.45) is 1.24. The van der Waals surface area contributed by atoms with Crippen molar-refractivity contribution < 1.29 is 71.3 Å². The Morgan fingerprint density at radius 3 is 2.04 bits per heavy atom. The zero-order valence-electron chi connectivity index (χ0n) is 14.2. The van der Waals surface area contributed by atoms with Crippen LogP contribution in [-0.4, -0.2) is 52.9 Å². The van der Waals surface area contributed by atoms with Gasteiger partial charge < -0.3 is 9.39 Å². The molecule has 11 nitrogen and oxygen atoms in total. The zero-order valence-corrected chi connectivity index (χ0v) is 17.0. The molecule has 28 heavy (non-hydrogen) atoms. The van der Waals surface area contributed by atoms with E-state index < -0.39 is 51.4 Å². The van der Waals surface area contributed by atoms with Gasteiger partial charge in [-0.05, 0) is 24.3 Å². The van der Waals surface area contributed by atoms with Gasteiger partial charge in [0, 0.05) is 12.2 Å². The number of imide groups is 2. The number of hydrogen-bond donors (Lipinski definition) is 0. The molecule has 0 saturated carbocycles. The van der Waals surface area contributed by atoms with Crippen LogP contribution in [0.2, 0.25) is 0 Å². The summed E-state index contributed by atoms with van der Waals surface area (Å²) in [4.78, 5) is 64.1. The fourth-order valence-corrected chi connectivity index (χ4v) is 3.13. The van der Waals surface area contributed by atoms with E-state index >= 15 is 0 Å². The third kappa shape index (κ3) is 4.05. The molecule has 1 saturated heterocycles. The van der Waals surface area contributed by atoms with Gasteiger partial charge in [0.25, 0.3) is 23.6 Å². The second-order valence-corrected chi connectivity index (χ2v) is 7.04. The number of rotatable bonds is 4. The van der Waals surface area contributed by atoms with Crippen molar-refractivity contribution in [1.82, 2.24) is 5.06 Å². The third-order valence-electron chi connectivity index (χ3n) is 3.76. The molecule has 0 N–H and O–H groups in total. The maximum Gasteiger partial charge on any atom is 1.00 e. The molecule has 0 aliphatic carbocycles. The smallest absolute Gasteiger partial charge is 0.747 e. The van der Waals surface area contributed by atoms with Crippen molar-refractivity contribution in [3.8, 4) is 0 Å². The maximum atomic E-state index is 12.1. The molecule has 140 valence electrons. The minimum Gasteiger partial charge on any atom is -0.747 e. The van der Waals surface area contributed by atoms with Gasteiger partial charge in [-0.3, -0.25) is 19.2 Å². The molecular formula is C15H9N2NaO9S. The van der Waals surface area contributed by atoms with Crippen LogP contribution < -0.4 is 34.5 Å². The molecule has 1 unspecified atom stereocenters. The van der Waals surface area contributed by atoms with E-state index in [0.29, 0.717) is 0 Å². The number of amides is 4. The molecule has 1 fully saturated rings. The van der Waals surface area contributed by atoms with Crippen molar-refractivity contribution in [3.05, 3.63) is 42.0 Å². The minimum atomic E-state index is -5.07. The van der Waals surface area contributed by atoms with E-state index in [1.165, 1.54) is 24.3 Å². The van der Waals surface area contributed by atoms with Crippen LogP contribution in [0.4, 0.5) is 5.69 Å². The molecule has 1 aromatic rings. The molecule has 2 heterocycles. The van der Waals surface area contributed by atoms with Gasteiger partial charge in [0.05, 0.1) is 17.7 Å². The topological polar surface area (TPSA) is 158 Å². The average molecular weight is 416 g/mol. The Balaban J connectivity index is 0.00000280. The normalized spacial score (nSPS) is 19.2. The van der Waals surface area contributed by atoms with E-state index in [-0.39, 0.29) is 45.9 Å². The summed E-state index contributed by atoms with van der Waals surface area (Å²) >= 11 is 0. The van der Waals surface area contributed by atoms with E-state index in [1.807, 2.05) is 0 Å². The fraction of sp³-hybridized carbons (Fsp3) is 0.133. The summed E-state index contributed by atoms with van der Waals surface area (Å²) in [6, 6.07) is 4.86. The van der Waals surface area contributed by atoms with Crippen molar-refractivity contribution in [2.45, 2.75) is 11.7 Å². The molecule has 2 aliphatic heterocycles. The third-order valence-corrected chi connectivity index (χ3v) is 4.82. The van der Waals surface area contributed by atoms with Crippen molar-refractivity contribution in [2.75, 3.05) is 4.90 Å². The van der Waals surface area contributed by atoms with Crippen LogP contribution in [-0.2, 0) is 34.1 Å². The number of carbonyl (C=O) groups excluding carboxylic acids is 5. The Bertz CT molecular complexity index is 998. The van der Waals surface area contributed by atoms with E-state index in [2.05, 4.69) is 4.84 Å². The Morgan fingerprint density at radius 2 is 1.57 bits per heavy atom. The standard InChI is InChI=1S/C15H10N2O9S.Na/c18-11-5-6-12(19)16(11)9-3-1-8(2-4-9)15(22)26-17-13(20)7-10(14(17)21)27(23,24)25;/h1-6,10H,7H2,(H,23,24,25);/q;+1/p-1. The molecule has 13 heteroatoms.